The van der Waals surface area contributed by atoms with Gasteiger partial charge in [-0.2, -0.15) is 0 Å². The quantitative estimate of drug-likeness (QED) is 0.844. The maximum atomic E-state index is 10.9. The number of aryl methyl sites for hydroxylation is 3. The van der Waals surface area contributed by atoms with E-state index in [1.54, 1.807) is 0 Å². The van der Waals surface area contributed by atoms with Crippen LogP contribution in [0.15, 0.2) is 12.1 Å². The zero-order valence-corrected chi connectivity index (χ0v) is 13.8. The summed E-state index contributed by atoms with van der Waals surface area (Å²) in [6.45, 7) is 11.1. The summed E-state index contributed by atoms with van der Waals surface area (Å²) in [6.07, 6.45) is 5.11. The van der Waals surface area contributed by atoms with Gasteiger partial charge in [-0.15, -0.1) is 0 Å². The summed E-state index contributed by atoms with van der Waals surface area (Å²) in [4.78, 5) is 0. The highest BCUT2D eigenvalue weighted by Crippen LogP contribution is 2.38. The molecule has 20 heavy (non-hydrogen) atoms. The minimum absolute atomic E-state index is 0.476. The summed E-state index contributed by atoms with van der Waals surface area (Å²) in [5, 5.41) is 10.9. The van der Waals surface area contributed by atoms with Gasteiger partial charge >= 0.3 is 0 Å². The molecule has 1 nitrogen and oxygen atoms in total. The molecule has 1 fully saturated rings. The van der Waals surface area contributed by atoms with Gasteiger partial charge in [-0.25, -0.2) is 0 Å². The SMILES string of the molecule is Cc1cc(C)c(CC2(O)CCC(C(C)C)CC2)c(C)c1. The van der Waals surface area contributed by atoms with E-state index >= 15 is 0 Å². The second-order valence-electron chi connectivity index (χ2n) is 7.36. The van der Waals surface area contributed by atoms with Crippen LogP contribution in [0.2, 0.25) is 0 Å². The van der Waals surface area contributed by atoms with Gasteiger partial charge < -0.3 is 5.11 Å². The van der Waals surface area contributed by atoms with E-state index in [0.29, 0.717) is 0 Å². The molecule has 2 rings (SSSR count). The minimum Gasteiger partial charge on any atom is -0.390 e. The van der Waals surface area contributed by atoms with Crippen LogP contribution >= 0.6 is 0 Å². The second kappa shape index (κ2) is 5.89. The van der Waals surface area contributed by atoms with Crippen LogP contribution in [0, 0.1) is 32.6 Å². The number of rotatable bonds is 3. The third-order valence-electron chi connectivity index (χ3n) is 5.25. The van der Waals surface area contributed by atoms with Crippen LogP contribution in [-0.2, 0) is 6.42 Å². The van der Waals surface area contributed by atoms with Crippen molar-refractivity contribution in [2.75, 3.05) is 0 Å². The lowest BCUT2D eigenvalue weighted by Gasteiger charge is -2.38. The van der Waals surface area contributed by atoms with Crippen molar-refractivity contribution in [3.63, 3.8) is 0 Å². The lowest BCUT2D eigenvalue weighted by atomic mass is 9.72. The third-order valence-corrected chi connectivity index (χ3v) is 5.25. The summed E-state index contributed by atoms with van der Waals surface area (Å²) in [5.41, 5.74) is 4.88. The fraction of sp³-hybridized carbons (Fsp3) is 0.684. The van der Waals surface area contributed by atoms with Gasteiger partial charge in [0.05, 0.1) is 5.60 Å². The highest BCUT2D eigenvalue weighted by molar-refractivity contribution is 5.38. The molecule has 112 valence electrons. The molecule has 1 aliphatic rings. The van der Waals surface area contributed by atoms with E-state index in [-0.39, 0.29) is 0 Å². The van der Waals surface area contributed by atoms with E-state index in [1.165, 1.54) is 35.1 Å². The summed E-state index contributed by atoms with van der Waals surface area (Å²) < 4.78 is 0. The molecule has 0 bridgehead atoms. The van der Waals surface area contributed by atoms with E-state index in [4.69, 9.17) is 0 Å². The average Bonchev–Trinajstić information content (AvgIpc) is 2.34. The zero-order chi connectivity index (χ0) is 14.9. The molecule has 0 unspecified atom stereocenters. The first-order valence-electron chi connectivity index (χ1n) is 8.10. The Morgan fingerprint density at radius 2 is 1.60 bits per heavy atom. The van der Waals surface area contributed by atoms with Crippen molar-refractivity contribution in [3.8, 4) is 0 Å². The molecule has 1 aromatic rings. The van der Waals surface area contributed by atoms with Gasteiger partial charge in [-0.3, -0.25) is 0 Å². The van der Waals surface area contributed by atoms with E-state index < -0.39 is 5.60 Å². The summed E-state index contributed by atoms with van der Waals surface area (Å²) in [6, 6.07) is 4.48. The Labute approximate surface area is 124 Å². The van der Waals surface area contributed by atoms with Gasteiger partial charge in [0, 0.05) is 6.42 Å². The van der Waals surface area contributed by atoms with Gasteiger partial charge in [0.25, 0.3) is 0 Å². The normalized spacial score (nSPS) is 27.1. The number of benzene rings is 1. The van der Waals surface area contributed by atoms with Gasteiger partial charge in [0.15, 0.2) is 0 Å². The van der Waals surface area contributed by atoms with Crippen LogP contribution < -0.4 is 0 Å². The topological polar surface area (TPSA) is 20.2 Å². The molecule has 1 aromatic carbocycles. The molecule has 0 heterocycles. The zero-order valence-electron chi connectivity index (χ0n) is 13.8. The molecule has 0 radical (unpaired) electrons. The van der Waals surface area contributed by atoms with Crippen LogP contribution in [0.5, 0.6) is 0 Å². The Morgan fingerprint density at radius 1 is 1.10 bits per heavy atom. The van der Waals surface area contributed by atoms with Crippen LogP contribution in [0.3, 0.4) is 0 Å². The summed E-state index contributed by atoms with van der Waals surface area (Å²) in [5.74, 6) is 1.55. The van der Waals surface area contributed by atoms with E-state index in [9.17, 15) is 5.11 Å². The van der Waals surface area contributed by atoms with Crippen LogP contribution in [-0.4, -0.2) is 10.7 Å². The fourth-order valence-corrected chi connectivity index (χ4v) is 3.84. The van der Waals surface area contributed by atoms with Crippen LogP contribution in [0.4, 0.5) is 0 Å². The summed E-state index contributed by atoms with van der Waals surface area (Å²) in [7, 11) is 0. The highest BCUT2D eigenvalue weighted by atomic mass is 16.3. The first-order valence-corrected chi connectivity index (χ1v) is 8.10. The maximum absolute atomic E-state index is 10.9. The maximum Gasteiger partial charge on any atom is 0.0688 e. The largest absolute Gasteiger partial charge is 0.390 e. The minimum atomic E-state index is -0.476. The van der Waals surface area contributed by atoms with Crippen molar-refractivity contribution < 1.29 is 5.11 Å². The molecular formula is C19H30O. The second-order valence-corrected chi connectivity index (χ2v) is 7.36. The number of hydrogen-bond acceptors (Lipinski definition) is 1. The van der Waals surface area contributed by atoms with Crippen LogP contribution in [0.25, 0.3) is 0 Å². The predicted molar refractivity (Wildman–Crippen MR) is 86.1 cm³/mol. The molecule has 0 spiro atoms. The first-order chi connectivity index (χ1) is 9.31. The lowest BCUT2D eigenvalue weighted by molar-refractivity contribution is -0.0148. The van der Waals surface area contributed by atoms with Crippen molar-refractivity contribution >= 4 is 0 Å². The van der Waals surface area contributed by atoms with Gasteiger partial charge in [0.1, 0.15) is 0 Å². The van der Waals surface area contributed by atoms with E-state index in [1.807, 2.05) is 0 Å². The highest BCUT2D eigenvalue weighted by Gasteiger charge is 2.34. The number of aliphatic hydroxyl groups is 1. The molecule has 0 aliphatic heterocycles. The number of hydrogen-bond donors (Lipinski definition) is 1. The monoisotopic (exact) mass is 274 g/mol. The fourth-order valence-electron chi connectivity index (χ4n) is 3.84. The van der Waals surface area contributed by atoms with Crippen molar-refractivity contribution in [1.82, 2.24) is 0 Å². The average molecular weight is 274 g/mol. The third kappa shape index (κ3) is 3.44. The standard InChI is InChI=1S/C19H30O/c1-13(2)17-6-8-19(20,9-7-17)12-18-15(4)10-14(3)11-16(18)5/h10-11,13,17,20H,6-9,12H2,1-5H3. The van der Waals surface area contributed by atoms with Crippen molar-refractivity contribution in [2.45, 2.75) is 72.3 Å². The predicted octanol–water partition coefficient (Wildman–Crippen LogP) is 4.73. The molecule has 0 atom stereocenters. The molecule has 1 saturated carbocycles. The van der Waals surface area contributed by atoms with Gasteiger partial charge in [-0.1, -0.05) is 31.5 Å². The molecule has 0 saturated heterocycles. The van der Waals surface area contributed by atoms with Crippen molar-refractivity contribution in [3.05, 3.63) is 34.4 Å². The van der Waals surface area contributed by atoms with Gasteiger partial charge in [0.2, 0.25) is 0 Å². The van der Waals surface area contributed by atoms with Gasteiger partial charge in [-0.05, 0) is 75.0 Å². The lowest BCUT2D eigenvalue weighted by Crippen LogP contribution is -2.37. The van der Waals surface area contributed by atoms with E-state index in [0.717, 1.165) is 31.1 Å². The smallest absolute Gasteiger partial charge is 0.0688 e. The summed E-state index contributed by atoms with van der Waals surface area (Å²) >= 11 is 0. The molecule has 0 amide bonds. The van der Waals surface area contributed by atoms with Crippen molar-refractivity contribution in [1.29, 1.82) is 0 Å². The Bertz CT molecular complexity index is 442. The molecular weight excluding hydrogens is 244 g/mol. The molecule has 1 heteroatoms. The Balaban J connectivity index is 2.11. The Morgan fingerprint density at radius 3 is 2.05 bits per heavy atom. The van der Waals surface area contributed by atoms with E-state index in [2.05, 4.69) is 46.8 Å². The van der Waals surface area contributed by atoms with Crippen LogP contribution in [0.1, 0.15) is 61.8 Å². The van der Waals surface area contributed by atoms with Crippen molar-refractivity contribution in [2.24, 2.45) is 11.8 Å². The molecule has 1 N–H and O–H groups in total. The Kier molecular flexibility index (Phi) is 4.59. The first kappa shape index (κ1) is 15.6. The Hall–Kier alpha value is -0.820. The molecule has 0 aromatic heterocycles. The molecule has 1 aliphatic carbocycles.